The first-order valence-corrected chi connectivity index (χ1v) is 7.02. The van der Waals surface area contributed by atoms with Gasteiger partial charge in [-0.25, -0.2) is 4.98 Å². The van der Waals surface area contributed by atoms with Gasteiger partial charge in [0.2, 0.25) is 0 Å². The maximum atomic E-state index is 9.64. The summed E-state index contributed by atoms with van der Waals surface area (Å²) in [7, 11) is 0. The molecule has 0 saturated carbocycles. The van der Waals surface area contributed by atoms with Crippen molar-refractivity contribution in [3.8, 4) is 0 Å². The average Bonchev–Trinajstić information content (AvgIpc) is 2.38. The number of anilines is 1. The number of rotatable bonds is 2. The first-order valence-electron chi connectivity index (χ1n) is 7.02. The van der Waals surface area contributed by atoms with E-state index in [1.54, 1.807) is 13.1 Å². The molecule has 1 aliphatic heterocycles. The third kappa shape index (κ3) is 3.45. The van der Waals surface area contributed by atoms with Crippen LogP contribution in [0.25, 0.3) is 0 Å². The van der Waals surface area contributed by atoms with Gasteiger partial charge in [-0.15, -0.1) is 0 Å². The van der Waals surface area contributed by atoms with Crippen LogP contribution in [0.15, 0.2) is 18.3 Å². The Morgan fingerprint density at radius 1 is 1.21 bits per heavy atom. The highest BCUT2D eigenvalue weighted by molar-refractivity contribution is 5.42. The van der Waals surface area contributed by atoms with Gasteiger partial charge in [0.1, 0.15) is 5.82 Å². The van der Waals surface area contributed by atoms with Crippen LogP contribution in [-0.4, -0.2) is 46.7 Å². The summed E-state index contributed by atoms with van der Waals surface area (Å²) < 4.78 is 0. The Balaban J connectivity index is 2.03. The quantitative estimate of drug-likeness (QED) is 0.886. The van der Waals surface area contributed by atoms with Crippen molar-refractivity contribution >= 4 is 5.82 Å². The lowest BCUT2D eigenvalue weighted by Crippen LogP contribution is -2.53. The fraction of sp³-hybridized carbons (Fsp3) is 0.667. The molecule has 0 bridgehead atoms. The highest BCUT2D eigenvalue weighted by Crippen LogP contribution is 2.21. The van der Waals surface area contributed by atoms with Gasteiger partial charge in [0.25, 0.3) is 0 Å². The number of hydrogen-bond donors (Lipinski definition) is 1. The highest BCUT2D eigenvalue weighted by atomic mass is 16.3. The molecule has 1 aliphatic rings. The Labute approximate surface area is 116 Å². The van der Waals surface area contributed by atoms with Gasteiger partial charge < -0.3 is 10.0 Å². The van der Waals surface area contributed by atoms with Gasteiger partial charge in [-0.2, -0.15) is 0 Å². The summed E-state index contributed by atoms with van der Waals surface area (Å²) in [4.78, 5) is 9.23. The van der Waals surface area contributed by atoms with Crippen molar-refractivity contribution in [3.63, 3.8) is 0 Å². The van der Waals surface area contributed by atoms with E-state index in [4.69, 9.17) is 0 Å². The molecule has 19 heavy (non-hydrogen) atoms. The van der Waals surface area contributed by atoms with Gasteiger partial charge in [-0.1, -0.05) is 0 Å². The smallest absolute Gasteiger partial charge is 0.128 e. The van der Waals surface area contributed by atoms with Crippen molar-refractivity contribution < 1.29 is 5.11 Å². The summed E-state index contributed by atoms with van der Waals surface area (Å²) in [5.74, 6) is 0.979. The molecule has 1 saturated heterocycles. The number of piperazine rings is 1. The number of aromatic nitrogens is 1. The van der Waals surface area contributed by atoms with Crippen molar-refractivity contribution in [2.45, 2.75) is 39.3 Å². The minimum atomic E-state index is -0.433. The first kappa shape index (κ1) is 14.3. The lowest BCUT2D eigenvalue weighted by Gasteiger charge is -2.42. The number of nitrogens with zero attached hydrogens (tertiary/aromatic N) is 3. The first-order chi connectivity index (χ1) is 8.88. The van der Waals surface area contributed by atoms with Crippen LogP contribution in [-0.2, 0) is 0 Å². The number of pyridine rings is 1. The molecule has 4 nitrogen and oxygen atoms in total. The van der Waals surface area contributed by atoms with Crippen molar-refractivity contribution in [1.29, 1.82) is 0 Å². The third-order valence-corrected chi connectivity index (χ3v) is 3.80. The number of hydrogen-bond acceptors (Lipinski definition) is 4. The summed E-state index contributed by atoms with van der Waals surface area (Å²) in [6.45, 7) is 12.7. The largest absolute Gasteiger partial charge is 0.389 e. The summed E-state index contributed by atoms with van der Waals surface area (Å²) in [5.41, 5.74) is 1.17. The monoisotopic (exact) mass is 263 g/mol. The Bertz CT molecular complexity index is 418. The molecule has 0 aromatic carbocycles. The SMILES string of the molecule is C[C@H](O)c1ccnc(N2CCN(C(C)(C)C)CC2)c1. The van der Waals surface area contributed by atoms with E-state index in [0.29, 0.717) is 0 Å². The molecule has 0 spiro atoms. The minimum Gasteiger partial charge on any atom is -0.389 e. The summed E-state index contributed by atoms with van der Waals surface area (Å²) in [6, 6.07) is 3.87. The molecule has 2 rings (SSSR count). The average molecular weight is 263 g/mol. The van der Waals surface area contributed by atoms with Gasteiger partial charge in [0.05, 0.1) is 6.10 Å². The molecule has 2 heterocycles. The summed E-state index contributed by atoms with van der Waals surface area (Å²) in [5, 5.41) is 9.64. The molecule has 1 N–H and O–H groups in total. The Morgan fingerprint density at radius 2 is 1.84 bits per heavy atom. The zero-order chi connectivity index (χ0) is 14.0. The van der Waals surface area contributed by atoms with Crippen LogP contribution < -0.4 is 4.90 Å². The van der Waals surface area contributed by atoms with Gasteiger partial charge in [-0.05, 0) is 45.4 Å². The van der Waals surface area contributed by atoms with E-state index in [1.807, 2.05) is 12.1 Å². The van der Waals surface area contributed by atoms with E-state index in [-0.39, 0.29) is 5.54 Å². The standard InChI is InChI=1S/C15H25N3O/c1-12(19)13-5-6-16-14(11-13)17-7-9-18(10-8-17)15(2,3)4/h5-6,11-12,19H,7-10H2,1-4H3/t12-/m0/s1. The highest BCUT2D eigenvalue weighted by Gasteiger charge is 2.26. The fourth-order valence-electron chi connectivity index (χ4n) is 2.47. The Morgan fingerprint density at radius 3 is 2.37 bits per heavy atom. The van der Waals surface area contributed by atoms with Crippen LogP contribution >= 0.6 is 0 Å². The van der Waals surface area contributed by atoms with Gasteiger partial charge >= 0.3 is 0 Å². The van der Waals surface area contributed by atoms with Crippen LogP contribution in [0.3, 0.4) is 0 Å². The van der Waals surface area contributed by atoms with Crippen molar-refractivity contribution in [1.82, 2.24) is 9.88 Å². The van der Waals surface area contributed by atoms with E-state index in [9.17, 15) is 5.11 Å². The molecule has 106 valence electrons. The molecule has 0 unspecified atom stereocenters. The van der Waals surface area contributed by atoms with E-state index in [1.165, 1.54) is 0 Å². The van der Waals surface area contributed by atoms with E-state index < -0.39 is 6.10 Å². The predicted molar refractivity (Wildman–Crippen MR) is 78.4 cm³/mol. The number of aliphatic hydroxyl groups excluding tert-OH is 1. The minimum absolute atomic E-state index is 0.237. The second-order valence-electron chi connectivity index (χ2n) is 6.27. The van der Waals surface area contributed by atoms with Gasteiger partial charge in [0.15, 0.2) is 0 Å². The zero-order valence-electron chi connectivity index (χ0n) is 12.4. The second kappa shape index (κ2) is 5.47. The molecule has 1 fully saturated rings. The van der Waals surface area contributed by atoms with Crippen LogP contribution in [0.4, 0.5) is 5.82 Å². The molecule has 0 amide bonds. The molecule has 0 radical (unpaired) electrons. The van der Waals surface area contributed by atoms with Crippen LogP contribution in [0.1, 0.15) is 39.4 Å². The lowest BCUT2D eigenvalue weighted by atomic mass is 10.0. The number of aliphatic hydroxyl groups is 1. The maximum absolute atomic E-state index is 9.64. The molecule has 1 aromatic rings. The van der Waals surface area contributed by atoms with Crippen LogP contribution in [0, 0.1) is 0 Å². The van der Waals surface area contributed by atoms with Crippen molar-refractivity contribution in [2.75, 3.05) is 31.1 Å². The second-order valence-corrected chi connectivity index (χ2v) is 6.27. The third-order valence-electron chi connectivity index (χ3n) is 3.80. The van der Waals surface area contributed by atoms with Gasteiger partial charge in [-0.3, -0.25) is 4.90 Å². The van der Waals surface area contributed by atoms with Crippen molar-refractivity contribution in [3.05, 3.63) is 23.9 Å². The topological polar surface area (TPSA) is 39.6 Å². The van der Waals surface area contributed by atoms with Crippen molar-refractivity contribution in [2.24, 2.45) is 0 Å². The fourth-order valence-corrected chi connectivity index (χ4v) is 2.47. The molecular formula is C15H25N3O. The predicted octanol–water partition coefficient (Wildman–Crippen LogP) is 2.06. The molecule has 1 aromatic heterocycles. The molecule has 4 heteroatoms. The van der Waals surface area contributed by atoms with E-state index >= 15 is 0 Å². The Hall–Kier alpha value is -1.13. The Kier molecular flexibility index (Phi) is 4.11. The van der Waals surface area contributed by atoms with Gasteiger partial charge in [0, 0.05) is 37.9 Å². The van der Waals surface area contributed by atoms with E-state index in [2.05, 4.69) is 35.6 Å². The molecule has 1 atom stereocenters. The lowest BCUT2D eigenvalue weighted by molar-refractivity contribution is 0.128. The zero-order valence-corrected chi connectivity index (χ0v) is 12.4. The maximum Gasteiger partial charge on any atom is 0.128 e. The summed E-state index contributed by atoms with van der Waals surface area (Å²) >= 11 is 0. The normalized spacial score (nSPS) is 19.5. The van der Waals surface area contributed by atoms with Crippen LogP contribution in [0.2, 0.25) is 0 Å². The molecule has 0 aliphatic carbocycles. The summed E-state index contributed by atoms with van der Waals surface area (Å²) in [6.07, 6.45) is 1.35. The van der Waals surface area contributed by atoms with Crippen LogP contribution in [0.5, 0.6) is 0 Å². The molecular weight excluding hydrogens is 238 g/mol. The van der Waals surface area contributed by atoms with E-state index in [0.717, 1.165) is 37.6 Å².